The molecule has 147 heavy (non-hydrogen) atoms. The summed E-state index contributed by atoms with van der Waals surface area (Å²) in [5.74, 6) is 4.59. The number of nitrogens with two attached hydrogens (primary N) is 1. The van der Waals surface area contributed by atoms with Crippen LogP contribution in [-0.2, 0) is 51.1 Å². The van der Waals surface area contributed by atoms with Crippen molar-refractivity contribution in [3.8, 4) is 30.3 Å². The van der Waals surface area contributed by atoms with Gasteiger partial charge in [-0.3, -0.25) is 4.79 Å². The summed E-state index contributed by atoms with van der Waals surface area (Å²) in [6.45, 7) is 42.5. The SMILES string of the molecule is C.C.C.C.C1CCOC1.CC(C#N)P(C)(C)=O.CC(C)(C)[O-].CCOC(=O)c1cc(C)c(N)c(C)c1.CCOC(=O)c1cc(C)c(N2CCc3c(C)nc(Nc4ccc(C#N)cc4)nc32)c(C)c1.Cc1cc(C=O)cc(C)c1N1CCc2c(C)nc(Nc3ccc(C#N)cc3)nc21.Cc1cc(CO)cc(C)c1N1CCc2c(C)nc(Nc3ccc(C#N)cc3)nc21.Cc1nc(Nc2ccc(C#N)cc2)nc(Cl)c1CCCl.[2HH].[K+]. The number of aliphatic hydroxyl groups is 1. The van der Waals surface area contributed by atoms with Crippen LogP contribution in [0.3, 0.4) is 0 Å². The predicted molar refractivity (Wildman–Crippen MR) is 591 cm³/mol. The Labute approximate surface area is 922 Å². The molecule has 0 aliphatic carbocycles. The van der Waals surface area contributed by atoms with E-state index in [1.807, 2.05) is 148 Å². The van der Waals surface area contributed by atoms with Gasteiger partial charge in [-0.05, 0) is 339 Å². The van der Waals surface area contributed by atoms with E-state index in [1.54, 1.807) is 128 Å². The third kappa shape index (κ3) is 35.9. The van der Waals surface area contributed by atoms with Crippen molar-refractivity contribution >= 4 is 135 Å². The molecule has 16 rings (SSSR count). The van der Waals surface area contributed by atoms with E-state index in [-0.39, 0.29) is 107 Å². The number of hydrogen-bond donors (Lipinski definition) is 6. The predicted octanol–water partition coefficient (Wildman–Crippen LogP) is 21.8. The molecule has 7 N–H and O–H groups in total. The molecule has 4 aliphatic heterocycles. The van der Waals surface area contributed by atoms with Gasteiger partial charge in [-0.15, -0.1) is 17.2 Å². The monoisotopic (exact) mass is 2080 g/mol. The van der Waals surface area contributed by atoms with Gasteiger partial charge in [-0.25, -0.2) is 34.5 Å². The van der Waals surface area contributed by atoms with Gasteiger partial charge in [-0.1, -0.05) is 74.2 Å². The number of fused-ring (bicyclic) bond motifs is 3. The summed E-state index contributed by atoms with van der Waals surface area (Å²) in [5.41, 5.74) is 33.4. The van der Waals surface area contributed by atoms with Crippen molar-refractivity contribution in [3.63, 3.8) is 0 Å². The molecule has 1 unspecified atom stereocenters. The first kappa shape index (κ1) is 126. The number of carbonyl (C=O) groups is 3. The molecule has 1 fully saturated rings. The number of ether oxygens (including phenoxy) is 3. The smallest absolute Gasteiger partial charge is 0.850 e. The van der Waals surface area contributed by atoms with Gasteiger partial charge in [0.25, 0.3) is 0 Å². The minimum Gasteiger partial charge on any atom is -0.850 e. The number of esters is 2. The number of rotatable bonds is 20. The number of anilines is 15. The van der Waals surface area contributed by atoms with Crippen LogP contribution in [0.25, 0.3) is 0 Å². The Morgan fingerprint density at radius 2 is 0.796 bits per heavy atom. The van der Waals surface area contributed by atoms with Crippen molar-refractivity contribution in [2.75, 3.05) is 107 Å². The molecule has 0 spiro atoms. The van der Waals surface area contributed by atoms with E-state index in [0.29, 0.717) is 93.4 Å². The summed E-state index contributed by atoms with van der Waals surface area (Å²) in [6, 6.07) is 54.2. The standard InChI is InChI=1S/C25H25N5O2.C23H23N5O.C23H21N5O.C14H12Cl2N4.C11H15NO2.C5H10NOP.C4H8O.C4H9O.4CH4.K.H2/c1-5-32-24(31)19-12-15(2)22(16(3)13-19)30-11-10-21-17(4)27-25(29-23(21)30)28-20-8-6-18(14-26)7-9-20;2*1-14-10-18(13-29)11-15(2)21(14)28-9-8-20-16(3)25-23(27-22(20)28)26-19-6-4-17(12-24)5-7-19;1-9-12(6-7-15)13(16)20-14(18-9)19-11-4-2-10(8-17)3-5-11;1-4-14-11(13)9-5-7(2)10(12)8(3)6-9;1-5(4-6)8(2,3)7;1-2-4-5-3-1;1-4(2,3)5;;;;;;/h6-9,12-13H,5,10-11H2,1-4H3,(H,27,28,29);4-7,10-11,29H,8-9,13H2,1-3H3,(H,25,26,27);4-7,10-11,13H,8-9H2,1-3H3,(H,25,26,27);2-5H,6-7H2,1H3,(H,18,19,20);5-6H,4,12H2,1-3H3;5H,1-3H3;1-4H2;1-3H3;4*1H4;;1H/q;;;;;;;-1;;;;;+1;/i;;;;;;;;;;;;;1+1. The van der Waals surface area contributed by atoms with Crippen LogP contribution >= 0.6 is 30.3 Å². The third-order valence-electron chi connectivity index (χ3n) is 22.9. The molecule has 12 aromatic rings. The van der Waals surface area contributed by atoms with Gasteiger partial charge >= 0.3 is 63.3 Å². The molecule has 772 valence electrons. The molecule has 0 saturated carbocycles. The Balaban J connectivity index is 0.000000458. The normalized spacial score (nSPS) is 12.0. The van der Waals surface area contributed by atoms with Gasteiger partial charge in [0, 0.05) is 136 Å². The van der Waals surface area contributed by atoms with Crippen LogP contribution in [0.4, 0.5) is 86.7 Å². The number of aliphatic hydroxyl groups excluding tert-OH is 1. The summed E-state index contributed by atoms with van der Waals surface area (Å²) < 4.78 is 25.9. The maximum absolute atomic E-state index is 12.2. The number of nitriles is 5. The van der Waals surface area contributed by atoms with Crippen LogP contribution in [0.5, 0.6) is 0 Å². The van der Waals surface area contributed by atoms with E-state index in [4.69, 9.17) is 84.4 Å². The summed E-state index contributed by atoms with van der Waals surface area (Å²) in [5, 5.41) is 76.7. The number of hydrogen-bond acceptors (Lipinski definition) is 30. The van der Waals surface area contributed by atoms with E-state index in [0.717, 1.165) is 211 Å². The van der Waals surface area contributed by atoms with Crippen molar-refractivity contribution in [1.29, 1.82) is 26.3 Å². The Morgan fingerprint density at radius 3 is 1.04 bits per heavy atom. The third-order valence-corrected chi connectivity index (χ3v) is 25.4. The first-order valence-corrected chi connectivity index (χ1v) is 50.1. The molecule has 34 heteroatoms. The van der Waals surface area contributed by atoms with Crippen LogP contribution < -0.4 is 98.2 Å². The Morgan fingerprint density at radius 1 is 0.510 bits per heavy atom. The number of alkyl halides is 1. The van der Waals surface area contributed by atoms with Crippen LogP contribution in [-0.4, -0.2) is 140 Å². The van der Waals surface area contributed by atoms with Crippen molar-refractivity contribution in [2.45, 2.75) is 211 Å². The summed E-state index contributed by atoms with van der Waals surface area (Å²) in [7, 11) is -2.12. The minimum absolute atomic E-state index is 0. The largest absolute Gasteiger partial charge is 1.00 e. The van der Waals surface area contributed by atoms with Gasteiger partial charge in [0.05, 0.1) is 96.3 Å². The van der Waals surface area contributed by atoms with Gasteiger partial charge < -0.3 is 70.7 Å². The summed E-state index contributed by atoms with van der Waals surface area (Å²) in [6.07, 6.45) is 6.72. The Kier molecular flexibility index (Phi) is 51.2. The summed E-state index contributed by atoms with van der Waals surface area (Å²) in [4.78, 5) is 78.4. The fourth-order valence-corrected chi connectivity index (χ4v) is 16.6. The maximum Gasteiger partial charge on any atom is 1.00 e. The van der Waals surface area contributed by atoms with Crippen LogP contribution in [0.15, 0.2) is 146 Å². The number of aromatic nitrogens is 8. The van der Waals surface area contributed by atoms with E-state index < -0.39 is 12.7 Å². The zero-order valence-electron chi connectivity index (χ0n) is 85.3. The van der Waals surface area contributed by atoms with Crippen molar-refractivity contribution in [1.82, 2.24) is 39.9 Å². The second kappa shape index (κ2) is 59.6. The number of carbonyl (C=O) groups excluding carboxylic acids is 3. The fraction of sp³-hybridized carbons (Fsp3) is 0.363. The molecule has 0 amide bonds. The summed E-state index contributed by atoms with van der Waals surface area (Å²) >= 11 is 11.9. The number of nitrogens with one attached hydrogen (secondary N) is 4. The topological polar surface area (TPSA) is 445 Å². The average molecular weight is 2080 g/mol. The second-order valence-electron chi connectivity index (χ2n) is 35.6. The van der Waals surface area contributed by atoms with Gasteiger partial charge in [0.1, 0.15) is 28.9 Å². The van der Waals surface area contributed by atoms with E-state index in [9.17, 15) is 29.2 Å². The van der Waals surface area contributed by atoms with Gasteiger partial charge in [-0.2, -0.15) is 41.3 Å². The molecular weight excluding hydrogens is 1940 g/mol. The van der Waals surface area contributed by atoms with Gasteiger partial charge in [0.15, 0.2) is 0 Å². The van der Waals surface area contributed by atoms with Crippen LogP contribution in [0.1, 0.15) is 234 Å². The van der Waals surface area contributed by atoms with Crippen molar-refractivity contribution < 1.29 is 96.2 Å². The number of nitrogens with zero attached hydrogens (tertiary/aromatic N) is 16. The van der Waals surface area contributed by atoms with E-state index in [2.05, 4.69) is 99.0 Å². The molecule has 8 heterocycles. The minimum atomic E-state index is -2.12. The fourth-order valence-electron chi connectivity index (χ4n) is 15.8. The number of aldehydes is 1. The first-order valence-electron chi connectivity index (χ1n) is 46.5. The average Bonchev–Trinajstić information content (AvgIpc) is 1.62. The quantitative estimate of drug-likeness (QED) is 0.00785. The Hall–Kier alpha value is -13.1. The molecule has 8 aromatic carbocycles. The van der Waals surface area contributed by atoms with Crippen LogP contribution in [0.2, 0.25) is 5.15 Å². The number of halogens is 2. The zero-order chi connectivity index (χ0) is 104. The first-order chi connectivity index (χ1) is 67.6. The number of benzene rings is 8. The molecular formula is C113H141Cl2KN21O9P. The van der Waals surface area contributed by atoms with Crippen LogP contribution in [0, 0.1) is 140 Å². The van der Waals surface area contributed by atoms with Gasteiger partial charge in [0.2, 0.25) is 23.8 Å². The molecule has 4 aliphatic rings. The Bertz CT molecular complexity index is 6670. The molecule has 1 atom stereocenters. The molecule has 1 saturated heterocycles. The molecule has 4 aromatic heterocycles. The second-order valence-corrected chi connectivity index (χ2v) is 39.9. The number of aryl methyl sites for hydroxylation is 12. The maximum atomic E-state index is 12.2. The van der Waals surface area contributed by atoms with Crippen molar-refractivity contribution in [2.24, 2.45) is 0 Å². The van der Waals surface area contributed by atoms with Crippen molar-refractivity contribution in [3.05, 3.63) is 285 Å². The molecule has 0 radical (unpaired) electrons. The van der Waals surface area contributed by atoms with E-state index in [1.165, 1.54) is 18.4 Å². The molecule has 0 bridgehead atoms. The number of nitrogen functional groups attached to an aromatic ring is 1. The molecule has 30 nitrogen and oxygen atoms in total. The van der Waals surface area contributed by atoms with E-state index >= 15 is 0 Å². The zero-order valence-corrected chi connectivity index (χ0v) is 90.8.